The Bertz CT molecular complexity index is 402. The van der Waals surface area contributed by atoms with Crippen molar-refractivity contribution < 1.29 is 9.53 Å². The van der Waals surface area contributed by atoms with Crippen LogP contribution in [-0.2, 0) is 9.53 Å². The molecule has 0 aliphatic rings. The van der Waals surface area contributed by atoms with Crippen LogP contribution in [0.3, 0.4) is 0 Å². The first-order chi connectivity index (χ1) is 7.65. The van der Waals surface area contributed by atoms with Gasteiger partial charge in [-0.05, 0) is 18.1 Å². The Labute approximate surface area is 96.2 Å². The van der Waals surface area contributed by atoms with E-state index in [-0.39, 0.29) is 5.97 Å². The minimum atomic E-state index is -0.299. The highest BCUT2D eigenvalue weighted by molar-refractivity contribution is 5.72. The van der Waals surface area contributed by atoms with Crippen LogP contribution in [-0.4, -0.2) is 5.97 Å². The summed E-state index contributed by atoms with van der Waals surface area (Å²) in [5, 5.41) is 0. The fourth-order valence-electron chi connectivity index (χ4n) is 1.43. The predicted octanol–water partition coefficient (Wildman–Crippen LogP) is 3.56. The van der Waals surface area contributed by atoms with E-state index < -0.39 is 0 Å². The molecule has 2 heteroatoms. The summed E-state index contributed by atoms with van der Waals surface area (Å²) in [5.41, 5.74) is 2.02. The molecule has 1 aromatic carbocycles. The summed E-state index contributed by atoms with van der Waals surface area (Å²) in [6.45, 7) is 7.00. The SMILES string of the molecule is C=CC/C(OC(C)=O)=C(\C)c1ccccc1. The topological polar surface area (TPSA) is 26.3 Å². The lowest BCUT2D eigenvalue weighted by Crippen LogP contribution is -2.00. The standard InChI is InChI=1S/C14H16O2/c1-4-8-14(16-12(3)15)11(2)13-9-6-5-7-10-13/h4-7,9-10H,1,8H2,2-3H3/b14-11-. The number of ether oxygens (including phenoxy) is 1. The zero-order valence-electron chi connectivity index (χ0n) is 9.69. The van der Waals surface area contributed by atoms with E-state index in [1.54, 1.807) is 6.08 Å². The van der Waals surface area contributed by atoms with Crippen molar-refractivity contribution in [2.75, 3.05) is 0 Å². The molecule has 0 aromatic heterocycles. The van der Waals surface area contributed by atoms with Crippen molar-refractivity contribution in [1.82, 2.24) is 0 Å². The summed E-state index contributed by atoms with van der Waals surface area (Å²) >= 11 is 0. The molecule has 0 saturated heterocycles. The summed E-state index contributed by atoms with van der Waals surface area (Å²) in [6.07, 6.45) is 2.28. The van der Waals surface area contributed by atoms with Crippen LogP contribution in [0.5, 0.6) is 0 Å². The van der Waals surface area contributed by atoms with Gasteiger partial charge in [-0.1, -0.05) is 36.4 Å². The van der Waals surface area contributed by atoms with Gasteiger partial charge in [0, 0.05) is 13.3 Å². The van der Waals surface area contributed by atoms with Crippen LogP contribution in [0.2, 0.25) is 0 Å². The highest BCUT2D eigenvalue weighted by atomic mass is 16.5. The minimum Gasteiger partial charge on any atom is -0.431 e. The first kappa shape index (κ1) is 12.2. The van der Waals surface area contributed by atoms with E-state index in [9.17, 15) is 4.79 Å². The fourth-order valence-corrected chi connectivity index (χ4v) is 1.43. The largest absolute Gasteiger partial charge is 0.431 e. The van der Waals surface area contributed by atoms with Gasteiger partial charge in [0.2, 0.25) is 0 Å². The van der Waals surface area contributed by atoms with Crippen LogP contribution in [0.1, 0.15) is 25.8 Å². The van der Waals surface area contributed by atoms with Gasteiger partial charge in [-0.3, -0.25) is 4.79 Å². The summed E-state index contributed by atoms with van der Waals surface area (Å²) in [4.78, 5) is 11.0. The van der Waals surface area contributed by atoms with Gasteiger partial charge < -0.3 is 4.74 Å². The average molecular weight is 216 g/mol. The average Bonchev–Trinajstić information content (AvgIpc) is 2.28. The molecule has 0 heterocycles. The molecule has 0 N–H and O–H groups in total. The predicted molar refractivity (Wildman–Crippen MR) is 65.6 cm³/mol. The second-order valence-electron chi connectivity index (χ2n) is 3.50. The molecule has 1 rings (SSSR count). The fraction of sp³-hybridized carbons (Fsp3) is 0.214. The van der Waals surface area contributed by atoms with Crippen molar-refractivity contribution in [3.05, 3.63) is 54.3 Å². The van der Waals surface area contributed by atoms with Crippen LogP contribution >= 0.6 is 0 Å². The molecule has 0 radical (unpaired) electrons. The number of benzene rings is 1. The molecule has 0 aliphatic carbocycles. The van der Waals surface area contributed by atoms with Crippen molar-refractivity contribution in [2.24, 2.45) is 0 Å². The second kappa shape index (κ2) is 5.91. The Hall–Kier alpha value is -1.83. The molecule has 0 aliphatic heterocycles. The Morgan fingerprint density at radius 1 is 1.31 bits per heavy atom. The lowest BCUT2D eigenvalue weighted by atomic mass is 10.1. The third-order valence-corrected chi connectivity index (χ3v) is 2.22. The zero-order chi connectivity index (χ0) is 12.0. The van der Waals surface area contributed by atoms with E-state index in [0.29, 0.717) is 12.2 Å². The van der Waals surface area contributed by atoms with Gasteiger partial charge in [-0.15, -0.1) is 6.58 Å². The summed E-state index contributed by atoms with van der Waals surface area (Å²) in [5.74, 6) is 0.362. The number of allylic oxidation sites excluding steroid dienone is 2. The molecule has 2 nitrogen and oxygen atoms in total. The quantitative estimate of drug-likeness (QED) is 0.437. The Balaban J connectivity index is 3.05. The van der Waals surface area contributed by atoms with Gasteiger partial charge in [0.1, 0.15) is 5.76 Å². The molecule has 1 aromatic rings. The van der Waals surface area contributed by atoms with Crippen molar-refractivity contribution in [2.45, 2.75) is 20.3 Å². The monoisotopic (exact) mass is 216 g/mol. The summed E-state index contributed by atoms with van der Waals surface area (Å²) < 4.78 is 5.18. The lowest BCUT2D eigenvalue weighted by Gasteiger charge is -2.10. The Kier molecular flexibility index (Phi) is 4.52. The molecule has 0 fully saturated rings. The van der Waals surface area contributed by atoms with E-state index >= 15 is 0 Å². The van der Waals surface area contributed by atoms with Crippen molar-refractivity contribution in [3.8, 4) is 0 Å². The van der Waals surface area contributed by atoms with E-state index in [4.69, 9.17) is 4.74 Å². The van der Waals surface area contributed by atoms with Gasteiger partial charge in [0.15, 0.2) is 0 Å². The molecule has 0 bridgehead atoms. The maximum Gasteiger partial charge on any atom is 0.307 e. The molecular formula is C14H16O2. The molecular weight excluding hydrogens is 200 g/mol. The van der Waals surface area contributed by atoms with Crippen LogP contribution in [0.4, 0.5) is 0 Å². The number of rotatable bonds is 4. The number of hydrogen-bond donors (Lipinski definition) is 0. The lowest BCUT2D eigenvalue weighted by molar-refractivity contribution is -0.136. The van der Waals surface area contributed by atoms with E-state index in [1.165, 1.54) is 6.92 Å². The zero-order valence-corrected chi connectivity index (χ0v) is 9.69. The third kappa shape index (κ3) is 3.39. The number of esters is 1. The van der Waals surface area contributed by atoms with Crippen molar-refractivity contribution >= 4 is 11.5 Å². The molecule has 16 heavy (non-hydrogen) atoms. The maximum atomic E-state index is 11.0. The highest BCUT2D eigenvalue weighted by Gasteiger charge is 2.07. The summed E-state index contributed by atoms with van der Waals surface area (Å²) in [7, 11) is 0. The molecule has 0 atom stereocenters. The van der Waals surface area contributed by atoms with Gasteiger partial charge >= 0.3 is 5.97 Å². The van der Waals surface area contributed by atoms with Gasteiger partial charge in [-0.2, -0.15) is 0 Å². The van der Waals surface area contributed by atoms with Crippen LogP contribution < -0.4 is 0 Å². The first-order valence-electron chi connectivity index (χ1n) is 5.19. The van der Waals surface area contributed by atoms with Crippen LogP contribution in [0.25, 0.3) is 5.57 Å². The van der Waals surface area contributed by atoms with E-state index in [0.717, 1.165) is 11.1 Å². The van der Waals surface area contributed by atoms with E-state index in [2.05, 4.69) is 6.58 Å². The third-order valence-electron chi connectivity index (χ3n) is 2.22. The second-order valence-corrected chi connectivity index (χ2v) is 3.50. The van der Waals surface area contributed by atoms with Crippen LogP contribution in [0, 0.1) is 0 Å². The summed E-state index contributed by atoms with van der Waals surface area (Å²) in [6, 6.07) is 9.84. The molecule has 0 saturated carbocycles. The highest BCUT2D eigenvalue weighted by Crippen LogP contribution is 2.21. The van der Waals surface area contributed by atoms with Gasteiger partial charge in [0.25, 0.3) is 0 Å². The molecule has 0 unspecified atom stereocenters. The smallest absolute Gasteiger partial charge is 0.307 e. The van der Waals surface area contributed by atoms with Gasteiger partial charge in [0.05, 0.1) is 0 Å². The van der Waals surface area contributed by atoms with Crippen molar-refractivity contribution in [1.29, 1.82) is 0 Å². The Morgan fingerprint density at radius 2 is 1.94 bits per heavy atom. The Morgan fingerprint density at radius 3 is 2.44 bits per heavy atom. The number of carbonyl (C=O) groups excluding carboxylic acids is 1. The number of hydrogen-bond acceptors (Lipinski definition) is 2. The molecule has 84 valence electrons. The minimum absolute atomic E-state index is 0.299. The maximum absolute atomic E-state index is 11.0. The van der Waals surface area contributed by atoms with Crippen LogP contribution in [0.15, 0.2) is 48.7 Å². The van der Waals surface area contributed by atoms with Gasteiger partial charge in [-0.25, -0.2) is 0 Å². The normalized spacial score (nSPS) is 11.6. The number of carbonyl (C=O) groups is 1. The molecule has 0 amide bonds. The molecule has 0 spiro atoms. The first-order valence-corrected chi connectivity index (χ1v) is 5.19. The van der Waals surface area contributed by atoms with E-state index in [1.807, 2.05) is 37.3 Å². The van der Waals surface area contributed by atoms with Crippen molar-refractivity contribution in [3.63, 3.8) is 0 Å².